The Hall–Kier alpha value is -0.770. The van der Waals surface area contributed by atoms with Gasteiger partial charge >= 0.3 is 0 Å². The number of hydrogen-bond acceptors (Lipinski definition) is 1. The van der Waals surface area contributed by atoms with E-state index >= 15 is 0 Å². The summed E-state index contributed by atoms with van der Waals surface area (Å²) in [6, 6.07) is 5.70. The van der Waals surface area contributed by atoms with Crippen LogP contribution in [0.4, 0.5) is 5.69 Å². The second kappa shape index (κ2) is 6.60. The lowest BCUT2D eigenvalue weighted by atomic mass is 10.0. The van der Waals surface area contributed by atoms with Gasteiger partial charge in [-0.2, -0.15) is 0 Å². The maximum atomic E-state index is 12.0. The van der Waals surface area contributed by atoms with Crippen molar-refractivity contribution >= 4 is 34.8 Å². The number of benzene rings is 1. The monoisotopic (exact) mass is 301 g/mol. The lowest BCUT2D eigenvalue weighted by Crippen LogP contribution is -3.17. The van der Waals surface area contributed by atoms with Crippen LogP contribution in [0, 0.1) is 0 Å². The fraction of sp³-hybridized carbons (Fsp3) is 0.500. The highest BCUT2D eigenvalue weighted by molar-refractivity contribution is 6.42. The van der Waals surface area contributed by atoms with Gasteiger partial charge in [-0.1, -0.05) is 23.2 Å². The Morgan fingerprint density at radius 2 is 2.16 bits per heavy atom. The summed E-state index contributed by atoms with van der Waals surface area (Å²) in [5.41, 5.74) is 0.698. The van der Waals surface area contributed by atoms with E-state index in [0.29, 0.717) is 28.3 Å². The molecular weight excluding hydrogens is 283 g/mol. The van der Waals surface area contributed by atoms with Crippen LogP contribution in [0.25, 0.3) is 0 Å². The van der Waals surface area contributed by atoms with Gasteiger partial charge in [0, 0.05) is 5.69 Å². The number of rotatable bonds is 3. The predicted molar refractivity (Wildman–Crippen MR) is 79.1 cm³/mol. The number of carbonyl (C=O) groups excluding carboxylic acids is 1. The number of piperidine rings is 1. The maximum Gasteiger partial charge on any atom is 0.279 e. The van der Waals surface area contributed by atoms with Gasteiger partial charge in [0.1, 0.15) is 0 Å². The minimum absolute atomic E-state index is 0.0298. The number of likely N-dealkylation sites (tertiary alicyclic amines) is 1. The Bertz CT molecular complexity index is 465. The SMILES string of the molecule is C[C@@H]1CCCC[NH+]1CC(=O)Nc1ccc(Cl)c(Cl)c1. The lowest BCUT2D eigenvalue weighted by molar-refractivity contribution is -0.920. The number of anilines is 1. The van der Waals surface area contributed by atoms with Crippen molar-refractivity contribution < 1.29 is 9.69 Å². The highest BCUT2D eigenvalue weighted by Crippen LogP contribution is 2.24. The van der Waals surface area contributed by atoms with Gasteiger partial charge in [0.2, 0.25) is 0 Å². The Balaban J connectivity index is 1.91. The van der Waals surface area contributed by atoms with Crippen molar-refractivity contribution in [3.63, 3.8) is 0 Å². The molecule has 0 bridgehead atoms. The van der Waals surface area contributed by atoms with Crippen LogP contribution in [-0.4, -0.2) is 25.0 Å². The number of quaternary nitrogens is 1. The molecular formula is C14H19Cl2N2O+. The van der Waals surface area contributed by atoms with Crippen LogP contribution < -0.4 is 10.2 Å². The van der Waals surface area contributed by atoms with Crippen LogP contribution in [0.1, 0.15) is 26.2 Å². The molecule has 5 heteroatoms. The topological polar surface area (TPSA) is 33.5 Å². The Morgan fingerprint density at radius 3 is 2.84 bits per heavy atom. The molecule has 1 unspecified atom stereocenters. The van der Waals surface area contributed by atoms with E-state index in [9.17, 15) is 4.79 Å². The average Bonchev–Trinajstić information content (AvgIpc) is 2.37. The molecule has 0 saturated carbocycles. The van der Waals surface area contributed by atoms with Crippen molar-refractivity contribution in [3.8, 4) is 0 Å². The summed E-state index contributed by atoms with van der Waals surface area (Å²) in [5, 5.41) is 3.83. The van der Waals surface area contributed by atoms with Crippen LogP contribution in [0.5, 0.6) is 0 Å². The Labute approximate surface area is 123 Å². The second-order valence-corrected chi connectivity index (χ2v) is 5.97. The number of nitrogens with one attached hydrogen (secondary N) is 2. The molecule has 3 nitrogen and oxygen atoms in total. The summed E-state index contributed by atoms with van der Waals surface area (Å²) in [5.74, 6) is 0.0298. The van der Waals surface area contributed by atoms with Crippen molar-refractivity contribution in [3.05, 3.63) is 28.2 Å². The molecule has 1 heterocycles. The molecule has 2 atom stereocenters. The van der Waals surface area contributed by atoms with Gasteiger partial charge in [-0.3, -0.25) is 4.79 Å². The molecule has 1 aromatic rings. The highest BCUT2D eigenvalue weighted by Gasteiger charge is 2.24. The van der Waals surface area contributed by atoms with Crippen molar-refractivity contribution in [2.45, 2.75) is 32.2 Å². The van der Waals surface area contributed by atoms with Crippen molar-refractivity contribution in [1.82, 2.24) is 0 Å². The Kier molecular flexibility index (Phi) is 5.08. The molecule has 0 spiro atoms. The summed E-state index contributed by atoms with van der Waals surface area (Å²) >= 11 is 11.8. The van der Waals surface area contributed by atoms with E-state index in [4.69, 9.17) is 23.2 Å². The minimum atomic E-state index is 0.0298. The zero-order valence-electron chi connectivity index (χ0n) is 11.0. The molecule has 1 saturated heterocycles. The summed E-state index contributed by atoms with van der Waals surface area (Å²) in [7, 11) is 0. The standard InChI is InChI=1S/C14H18Cl2N2O/c1-10-4-2-3-7-18(10)9-14(19)17-11-5-6-12(15)13(16)8-11/h5-6,8,10H,2-4,7,9H2,1H3,(H,17,19)/p+1/t10-/m1/s1. The van der Waals surface area contributed by atoms with E-state index in [2.05, 4.69) is 12.2 Å². The van der Waals surface area contributed by atoms with E-state index in [1.807, 2.05) is 0 Å². The molecule has 19 heavy (non-hydrogen) atoms. The zero-order chi connectivity index (χ0) is 13.8. The zero-order valence-corrected chi connectivity index (χ0v) is 12.5. The fourth-order valence-corrected chi connectivity index (χ4v) is 2.80. The first-order valence-corrected chi connectivity index (χ1v) is 7.41. The third-order valence-corrected chi connectivity index (χ3v) is 4.41. The van der Waals surface area contributed by atoms with E-state index in [1.54, 1.807) is 18.2 Å². The smallest absolute Gasteiger partial charge is 0.279 e. The summed E-state index contributed by atoms with van der Waals surface area (Å²) in [6.07, 6.45) is 3.69. The van der Waals surface area contributed by atoms with Crippen molar-refractivity contribution in [1.29, 1.82) is 0 Å². The molecule has 0 radical (unpaired) electrons. The first kappa shape index (κ1) is 14.6. The first-order chi connectivity index (χ1) is 9.06. The van der Waals surface area contributed by atoms with Crippen molar-refractivity contribution in [2.24, 2.45) is 0 Å². The number of halogens is 2. The average molecular weight is 302 g/mol. The molecule has 1 amide bonds. The van der Waals surface area contributed by atoms with Gasteiger partial charge in [0.05, 0.1) is 22.6 Å². The lowest BCUT2D eigenvalue weighted by Gasteiger charge is -2.29. The maximum absolute atomic E-state index is 12.0. The molecule has 1 aliphatic rings. The fourth-order valence-electron chi connectivity index (χ4n) is 2.50. The largest absolute Gasteiger partial charge is 0.325 e. The molecule has 0 aromatic heterocycles. The minimum Gasteiger partial charge on any atom is -0.325 e. The second-order valence-electron chi connectivity index (χ2n) is 5.16. The number of hydrogen-bond donors (Lipinski definition) is 2. The van der Waals surface area contributed by atoms with Gasteiger partial charge < -0.3 is 10.2 Å². The van der Waals surface area contributed by atoms with Crippen LogP contribution in [0.3, 0.4) is 0 Å². The number of carbonyl (C=O) groups is 1. The molecule has 104 valence electrons. The van der Waals surface area contributed by atoms with E-state index in [-0.39, 0.29) is 5.91 Å². The summed E-state index contributed by atoms with van der Waals surface area (Å²) in [4.78, 5) is 13.4. The van der Waals surface area contributed by atoms with Crippen LogP contribution in [-0.2, 0) is 4.79 Å². The van der Waals surface area contributed by atoms with Gasteiger partial charge in [-0.25, -0.2) is 0 Å². The van der Waals surface area contributed by atoms with Gasteiger partial charge in [-0.05, 0) is 44.4 Å². The number of amides is 1. The summed E-state index contributed by atoms with van der Waals surface area (Å²) < 4.78 is 0. The molecule has 2 rings (SSSR count). The van der Waals surface area contributed by atoms with E-state index < -0.39 is 0 Å². The van der Waals surface area contributed by atoms with Gasteiger partial charge in [0.15, 0.2) is 6.54 Å². The Morgan fingerprint density at radius 1 is 1.37 bits per heavy atom. The third-order valence-electron chi connectivity index (χ3n) is 3.67. The molecule has 1 aliphatic heterocycles. The van der Waals surface area contributed by atoms with Crippen LogP contribution in [0.15, 0.2) is 18.2 Å². The molecule has 2 N–H and O–H groups in total. The van der Waals surface area contributed by atoms with E-state index in [1.165, 1.54) is 24.2 Å². The predicted octanol–water partition coefficient (Wildman–Crippen LogP) is 2.39. The van der Waals surface area contributed by atoms with Crippen molar-refractivity contribution in [2.75, 3.05) is 18.4 Å². The quantitative estimate of drug-likeness (QED) is 0.883. The molecule has 1 aromatic carbocycles. The van der Waals surface area contributed by atoms with E-state index in [0.717, 1.165) is 6.54 Å². The van der Waals surface area contributed by atoms with Gasteiger partial charge in [-0.15, -0.1) is 0 Å². The first-order valence-electron chi connectivity index (χ1n) is 6.66. The third kappa shape index (κ3) is 4.10. The molecule has 0 aliphatic carbocycles. The van der Waals surface area contributed by atoms with Crippen LogP contribution >= 0.6 is 23.2 Å². The highest BCUT2D eigenvalue weighted by atomic mass is 35.5. The normalized spacial score (nSPS) is 23.1. The van der Waals surface area contributed by atoms with Gasteiger partial charge in [0.25, 0.3) is 5.91 Å². The molecule has 1 fully saturated rings. The van der Waals surface area contributed by atoms with Crippen LogP contribution in [0.2, 0.25) is 10.0 Å². The summed E-state index contributed by atoms with van der Waals surface area (Å²) in [6.45, 7) is 3.80.